The third-order valence-corrected chi connectivity index (χ3v) is 6.53. The number of ether oxygens (including phenoxy) is 2. The van der Waals surface area contributed by atoms with Crippen molar-refractivity contribution in [3.8, 4) is 5.75 Å². The summed E-state index contributed by atoms with van der Waals surface area (Å²) >= 11 is 0. The number of nitrogens with zero attached hydrogens (tertiary/aromatic N) is 1. The van der Waals surface area contributed by atoms with Gasteiger partial charge in [-0.1, -0.05) is 12.1 Å². The molecule has 0 bridgehead atoms. The topological polar surface area (TPSA) is 43.8 Å². The number of epoxide rings is 1. The highest BCUT2D eigenvalue weighted by Crippen LogP contribution is 2.61. The Morgan fingerprint density at radius 1 is 1.21 bits per heavy atom. The maximum Gasteiger partial charge on any atom is 0.258 e. The number of pyridine rings is 1. The number of fused-ring (bicyclic) bond motifs is 7. The molecule has 4 atom stereocenters. The lowest BCUT2D eigenvalue weighted by Crippen LogP contribution is -2.51. The van der Waals surface area contributed by atoms with Crippen molar-refractivity contribution in [2.45, 2.75) is 56.8 Å². The molecule has 2 aliphatic heterocycles. The molecule has 4 heteroatoms. The Kier molecular flexibility index (Phi) is 2.56. The van der Waals surface area contributed by atoms with Gasteiger partial charge in [-0.15, -0.1) is 0 Å². The molecular formula is C20H23NO3. The maximum absolute atomic E-state index is 13.2. The monoisotopic (exact) mass is 325 g/mol. The van der Waals surface area contributed by atoms with Crippen molar-refractivity contribution in [2.24, 2.45) is 13.0 Å². The van der Waals surface area contributed by atoms with Gasteiger partial charge in [0.2, 0.25) is 0 Å². The first kappa shape index (κ1) is 14.5. The Balaban J connectivity index is 1.85. The fourth-order valence-corrected chi connectivity index (χ4v) is 5.11. The molecule has 0 amide bonds. The van der Waals surface area contributed by atoms with Crippen LogP contribution in [0.2, 0.25) is 0 Å². The first-order valence-corrected chi connectivity index (χ1v) is 8.82. The van der Waals surface area contributed by atoms with E-state index in [1.54, 1.807) is 4.57 Å². The number of rotatable bonds is 0. The average molecular weight is 325 g/mol. The molecule has 1 aromatic carbocycles. The van der Waals surface area contributed by atoms with Crippen molar-refractivity contribution in [2.75, 3.05) is 0 Å². The molecular weight excluding hydrogens is 302 g/mol. The Bertz CT molecular complexity index is 928. The van der Waals surface area contributed by atoms with Gasteiger partial charge in [0.05, 0.1) is 22.8 Å². The van der Waals surface area contributed by atoms with Crippen LogP contribution in [-0.2, 0) is 11.8 Å². The van der Waals surface area contributed by atoms with E-state index in [9.17, 15) is 4.79 Å². The summed E-state index contributed by atoms with van der Waals surface area (Å²) < 4.78 is 14.3. The second kappa shape index (κ2) is 4.23. The lowest BCUT2D eigenvalue weighted by Gasteiger charge is -2.47. The number of aryl methyl sites for hydroxylation is 1. The predicted molar refractivity (Wildman–Crippen MR) is 92.6 cm³/mol. The number of aromatic nitrogens is 1. The Labute approximate surface area is 141 Å². The van der Waals surface area contributed by atoms with Gasteiger partial charge in [0.1, 0.15) is 11.4 Å². The number of benzene rings is 1. The van der Waals surface area contributed by atoms with Crippen LogP contribution in [0, 0.1) is 5.92 Å². The quantitative estimate of drug-likeness (QED) is 0.698. The first-order chi connectivity index (χ1) is 11.3. The lowest BCUT2D eigenvalue weighted by molar-refractivity contribution is -0.00429. The van der Waals surface area contributed by atoms with E-state index in [0.717, 1.165) is 35.1 Å². The van der Waals surface area contributed by atoms with E-state index >= 15 is 0 Å². The lowest BCUT2D eigenvalue weighted by atomic mass is 9.64. The van der Waals surface area contributed by atoms with Crippen LogP contribution in [0.3, 0.4) is 0 Å². The van der Waals surface area contributed by atoms with Crippen molar-refractivity contribution in [1.82, 2.24) is 4.57 Å². The summed E-state index contributed by atoms with van der Waals surface area (Å²) in [6, 6.07) is 8.01. The highest BCUT2D eigenvalue weighted by atomic mass is 16.6. The van der Waals surface area contributed by atoms with E-state index in [1.807, 2.05) is 25.2 Å². The van der Waals surface area contributed by atoms with Gasteiger partial charge in [-0.3, -0.25) is 4.79 Å². The fraction of sp³-hybridized carbons (Fsp3) is 0.550. The van der Waals surface area contributed by atoms with Crippen LogP contribution in [-0.4, -0.2) is 21.9 Å². The fourth-order valence-electron chi connectivity index (χ4n) is 5.11. The van der Waals surface area contributed by atoms with Crippen molar-refractivity contribution in [1.29, 1.82) is 0 Å². The molecule has 2 fully saturated rings. The smallest absolute Gasteiger partial charge is 0.258 e. The molecule has 126 valence electrons. The second-order valence-corrected chi connectivity index (χ2v) is 8.35. The average Bonchev–Trinajstić information content (AvgIpc) is 3.24. The van der Waals surface area contributed by atoms with Crippen molar-refractivity contribution in [3.05, 3.63) is 40.2 Å². The van der Waals surface area contributed by atoms with Gasteiger partial charge < -0.3 is 14.0 Å². The molecule has 5 rings (SSSR count). The zero-order valence-corrected chi connectivity index (χ0v) is 14.6. The molecule has 0 spiro atoms. The second-order valence-electron chi connectivity index (χ2n) is 8.35. The third kappa shape index (κ3) is 1.65. The minimum absolute atomic E-state index is 0.0531. The molecule has 1 aromatic heterocycles. The Hall–Kier alpha value is -1.81. The van der Waals surface area contributed by atoms with E-state index in [0.29, 0.717) is 5.92 Å². The van der Waals surface area contributed by atoms with Gasteiger partial charge in [0.25, 0.3) is 5.56 Å². The molecule has 2 aromatic rings. The van der Waals surface area contributed by atoms with Crippen LogP contribution in [0.25, 0.3) is 10.9 Å². The third-order valence-electron chi connectivity index (χ3n) is 6.53. The van der Waals surface area contributed by atoms with Crippen molar-refractivity contribution < 1.29 is 9.47 Å². The zero-order valence-electron chi connectivity index (χ0n) is 14.6. The van der Waals surface area contributed by atoms with E-state index in [4.69, 9.17) is 9.47 Å². The highest BCUT2D eigenvalue weighted by Gasteiger charge is 2.65. The Morgan fingerprint density at radius 2 is 1.96 bits per heavy atom. The molecule has 1 saturated carbocycles. The molecule has 4 nitrogen and oxygen atoms in total. The minimum atomic E-state index is -0.292. The summed E-state index contributed by atoms with van der Waals surface area (Å²) in [7, 11) is 1.86. The largest absolute Gasteiger partial charge is 0.486 e. The summed E-state index contributed by atoms with van der Waals surface area (Å²) in [5, 5.41) is 1.02. The number of hydrogen-bond acceptors (Lipinski definition) is 3. The summed E-state index contributed by atoms with van der Waals surface area (Å²) in [6.07, 6.45) is 2.24. The van der Waals surface area contributed by atoms with E-state index in [-0.39, 0.29) is 28.8 Å². The summed E-state index contributed by atoms with van der Waals surface area (Å²) in [5.74, 6) is 1.23. The normalized spacial score (nSPS) is 35.6. The standard InChI is InChI=1S/C20H23NO3/c1-19(2)12-9-10-20(3)17(24-20)14(12)15-16(23-19)11-7-5-6-8-13(11)21(4)18(15)22/h5-8,12,14,17H,9-10H2,1-4H3/t12-,14-,17-,20+/m0/s1. The summed E-state index contributed by atoms with van der Waals surface area (Å²) in [4.78, 5) is 13.2. The van der Waals surface area contributed by atoms with Gasteiger partial charge in [0, 0.05) is 24.3 Å². The molecule has 3 heterocycles. The number of para-hydroxylation sites is 1. The van der Waals surface area contributed by atoms with E-state index < -0.39 is 0 Å². The number of hydrogen-bond donors (Lipinski definition) is 0. The molecule has 0 unspecified atom stereocenters. The molecule has 0 radical (unpaired) electrons. The van der Waals surface area contributed by atoms with Gasteiger partial charge in [-0.25, -0.2) is 0 Å². The molecule has 1 saturated heterocycles. The van der Waals surface area contributed by atoms with Crippen LogP contribution in [0.5, 0.6) is 5.75 Å². The van der Waals surface area contributed by atoms with E-state index in [2.05, 4.69) is 26.8 Å². The van der Waals surface area contributed by atoms with E-state index in [1.165, 1.54) is 0 Å². The van der Waals surface area contributed by atoms with Gasteiger partial charge in [-0.2, -0.15) is 0 Å². The maximum atomic E-state index is 13.2. The van der Waals surface area contributed by atoms with Crippen molar-refractivity contribution >= 4 is 10.9 Å². The first-order valence-electron chi connectivity index (χ1n) is 8.82. The summed E-state index contributed by atoms with van der Waals surface area (Å²) in [6.45, 7) is 6.50. The van der Waals surface area contributed by atoms with Gasteiger partial charge >= 0.3 is 0 Å². The predicted octanol–water partition coefficient (Wildman–Crippen LogP) is 3.36. The Morgan fingerprint density at radius 3 is 2.75 bits per heavy atom. The molecule has 1 aliphatic carbocycles. The zero-order chi connectivity index (χ0) is 16.9. The van der Waals surface area contributed by atoms with Crippen LogP contribution in [0.1, 0.15) is 45.1 Å². The van der Waals surface area contributed by atoms with Crippen LogP contribution < -0.4 is 10.3 Å². The van der Waals surface area contributed by atoms with Crippen molar-refractivity contribution in [3.63, 3.8) is 0 Å². The molecule has 0 N–H and O–H groups in total. The molecule has 3 aliphatic rings. The van der Waals surface area contributed by atoms with Crippen LogP contribution in [0.15, 0.2) is 29.1 Å². The summed E-state index contributed by atoms with van der Waals surface area (Å²) in [5.41, 5.74) is 1.47. The van der Waals surface area contributed by atoms with Gasteiger partial charge in [-0.05, 0) is 45.7 Å². The van der Waals surface area contributed by atoms with Crippen LogP contribution in [0.4, 0.5) is 0 Å². The SMILES string of the molecule is Cn1c(=O)c2c(c3ccccc31)OC(C)(C)[C@H]1CC[C@@]3(C)O[C@H]3[C@H]21. The van der Waals surface area contributed by atoms with Gasteiger partial charge in [0.15, 0.2) is 0 Å². The van der Waals surface area contributed by atoms with Crippen LogP contribution >= 0.6 is 0 Å². The minimum Gasteiger partial charge on any atom is -0.486 e. The highest BCUT2D eigenvalue weighted by molar-refractivity contribution is 5.87. The molecule has 24 heavy (non-hydrogen) atoms.